The van der Waals surface area contributed by atoms with Gasteiger partial charge in [-0.15, -0.1) is 0 Å². The van der Waals surface area contributed by atoms with Crippen LogP contribution in [0.5, 0.6) is 17.2 Å². The van der Waals surface area contributed by atoms with E-state index in [1.54, 1.807) is 0 Å². The van der Waals surface area contributed by atoms with E-state index in [0.29, 0.717) is 5.75 Å². The van der Waals surface area contributed by atoms with E-state index in [9.17, 15) is 5.11 Å². The first-order chi connectivity index (χ1) is 8.88. The van der Waals surface area contributed by atoms with Crippen LogP contribution < -0.4 is 4.74 Å². The number of hydrogen-bond acceptors (Lipinski definition) is 2. The van der Waals surface area contributed by atoms with Gasteiger partial charge in [0.05, 0.1) is 0 Å². The molecule has 0 heterocycles. The molecule has 0 fully saturated rings. The van der Waals surface area contributed by atoms with E-state index < -0.39 is 0 Å². The van der Waals surface area contributed by atoms with Gasteiger partial charge in [0.25, 0.3) is 0 Å². The summed E-state index contributed by atoms with van der Waals surface area (Å²) in [4.78, 5) is 0. The van der Waals surface area contributed by atoms with Gasteiger partial charge in [0.1, 0.15) is 17.2 Å². The molecular formula is C17H20O2. The lowest BCUT2D eigenvalue weighted by atomic mass is 10.0. The summed E-state index contributed by atoms with van der Waals surface area (Å²) in [6, 6.07) is 7.79. The predicted octanol–water partition coefficient (Wildman–Crippen LogP) is 4.73. The van der Waals surface area contributed by atoms with Crippen molar-refractivity contribution in [3.05, 3.63) is 52.1 Å². The Hall–Kier alpha value is -1.96. The first-order valence-electron chi connectivity index (χ1n) is 6.44. The quantitative estimate of drug-likeness (QED) is 0.842. The molecule has 0 atom stereocenters. The first-order valence-corrected chi connectivity index (χ1v) is 6.44. The van der Waals surface area contributed by atoms with Crippen LogP contribution >= 0.6 is 0 Å². The second kappa shape index (κ2) is 4.96. The molecule has 0 saturated heterocycles. The molecule has 2 aromatic carbocycles. The molecule has 2 heteroatoms. The van der Waals surface area contributed by atoms with Gasteiger partial charge < -0.3 is 9.84 Å². The van der Waals surface area contributed by atoms with Gasteiger partial charge in [0, 0.05) is 0 Å². The van der Waals surface area contributed by atoms with Gasteiger partial charge in [-0.3, -0.25) is 0 Å². The van der Waals surface area contributed by atoms with E-state index in [0.717, 1.165) is 22.6 Å². The highest BCUT2D eigenvalue weighted by molar-refractivity contribution is 5.47. The third-order valence-electron chi connectivity index (χ3n) is 3.60. The van der Waals surface area contributed by atoms with Crippen molar-refractivity contribution in [3.63, 3.8) is 0 Å². The molecule has 2 rings (SSSR count). The van der Waals surface area contributed by atoms with Crippen molar-refractivity contribution in [2.24, 2.45) is 0 Å². The number of benzene rings is 2. The zero-order chi connectivity index (χ0) is 14.2. The van der Waals surface area contributed by atoms with Crippen LogP contribution in [0.15, 0.2) is 24.3 Å². The Labute approximate surface area is 114 Å². The van der Waals surface area contributed by atoms with Gasteiger partial charge in [-0.25, -0.2) is 0 Å². The summed E-state index contributed by atoms with van der Waals surface area (Å²) in [7, 11) is 0. The molecule has 0 unspecified atom stereocenters. The molecule has 0 spiro atoms. The maximum absolute atomic E-state index is 9.77. The van der Waals surface area contributed by atoms with Gasteiger partial charge in [-0.05, 0) is 86.7 Å². The van der Waals surface area contributed by atoms with Crippen molar-refractivity contribution < 1.29 is 9.84 Å². The lowest BCUT2D eigenvalue weighted by Crippen LogP contribution is -1.92. The van der Waals surface area contributed by atoms with Crippen LogP contribution in [0.4, 0.5) is 0 Å². The topological polar surface area (TPSA) is 29.5 Å². The Morgan fingerprint density at radius 1 is 0.684 bits per heavy atom. The third-order valence-corrected chi connectivity index (χ3v) is 3.60. The summed E-state index contributed by atoms with van der Waals surface area (Å²) in [5.41, 5.74) is 5.40. The lowest BCUT2D eigenvalue weighted by molar-refractivity contribution is 0.456. The summed E-state index contributed by atoms with van der Waals surface area (Å²) in [6.07, 6.45) is 0. The summed E-state index contributed by atoms with van der Waals surface area (Å²) in [5, 5.41) is 9.77. The molecule has 0 radical (unpaired) electrons. The van der Waals surface area contributed by atoms with E-state index in [4.69, 9.17) is 4.74 Å². The fourth-order valence-electron chi connectivity index (χ4n) is 2.17. The molecule has 2 nitrogen and oxygen atoms in total. The normalized spacial score (nSPS) is 10.6. The van der Waals surface area contributed by atoms with Crippen molar-refractivity contribution >= 4 is 0 Å². The molecule has 0 aliphatic rings. The predicted molar refractivity (Wildman–Crippen MR) is 78.3 cm³/mol. The Balaban J connectivity index is 2.36. The number of rotatable bonds is 2. The van der Waals surface area contributed by atoms with Gasteiger partial charge >= 0.3 is 0 Å². The molecule has 19 heavy (non-hydrogen) atoms. The molecule has 100 valence electrons. The zero-order valence-electron chi connectivity index (χ0n) is 12.2. The van der Waals surface area contributed by atoms with Gasteiger partial charge in [0.15, 0.2) is 0 Å². The van der Waals surface area contributed by atoms with E-state index in [1.165, 1.54) is 16.7 Å². The third kappa shape index (κ3) is 2.73. The Kier molecular flexibility index (Phi) is 3.52. The second-order valence-electron chi connectivity index (χ2n) is 5.19. The molecule has 0 bridgehead atoms. The molecule has 0 aromatic heterocycles. The average molecular weight is 256 g/mol. The van der Waals surface area contributed by atoms with Crippen LogP contribution in [-0.4, -0.2) is 5.11 Å². The molecule has 1 N–H and O–H groups in total. The van der Waals surface area contributed by atoms with Crippen LogP contribution in [0.1, 0.15) is 27.8 Å². The van der Waals surface area contributed by atoms with Crippen molar-refractivity contribution in [1.29, 1.82) is 0 Å². The van der Waals surface area contributed by atoms with Gasteiger partial charge in [0.2, 0.25) is 0 Å². The minimum atomic E-state index is 0.337. The van der Waals surface area contributed by atoms with Crippen LogP contribution in [0.2, 0.25) is 0 Å². The fraction of sp³-hybridized carbons (Fsp3) is 0.294. The molecule has 0 saturated carbocycles. The number of ether oxygens (including phenoxy) is 1. The van der Waals surface area contributed by atoms with E-state index >= 15 is 0 Å². The molecule has 2 aromatic rings. The second-order valence-corrected chi connectivity index (χ2v) is 5.19. The maximum Gasteiger partial charge on any atom is 0.128 e. The fourth-order valence-corrected chi connectivity index (χ4v) is 2.17. The largest absolute Gasteiger partial charge is 0.507 e. The SMILES string of the molecule is Cc1cc(Oc2cc(C)c(O)c(C)c2)cc(C)c1C. The molecule has 0 aliphatic heterocycles. The summed E-state index contributed by atoms with van der Waals surface area (Å²) in [5.74, 6) is 1.93. The average Bonchev–Trinajstić information content (AvgIpc) is 2.33. The van der Waals surface area contributed by atoms with Crippen molar-refractivity contribution in [3.8, 4) is 17.2 Å². The number of hydrogen-bond donors (Lipinski definition) is 1. The smallest absolute Gasteiger partial charge is 0.128 e. The van der Waals surface area contributed by atoms with Crippen LogP contribution in [0.25, 0.3) is 0 Å². The summed E-state index contributed by atoms with van der Waals surface area (Å²) < 4.78 is 5.90. The lowest BCUT2D eigenvalue weighted by Gasteiger charge is -2.12. The van der Waals surface area contributed by atoms with E-state index in [1.807, 2.05) is 38.1 Å². The highest BCUT2D eigenvalue weighted by Crippen LogP contribution is 2.31. The van der Waals surface area contributed by atoms with Crippen LogP contribution in [0, 0.1) is 34.6 Å². The van der Waals surface area contributed by atoms with Crippen LogP contribution in [-0.2, 0) is 0 Å². The first kappa shape index (κ1) is 13.5. The standard InChI is InChI=1S/C17H20O2/c1-10-6-15(7-11(2)14(10)5)19-16-8-12(3)17(18)13(4)9-16/h6-9,18H,1-5H3. The van der Waals surface area contributed by atoms with E-state index in [2.05, 4.69) is 20.8 Å². The number of phenolic OH excluding ortho intramolecular Hbond substituents is 1. The molecule has 0 aliphatic carbocycles. The van der Waals surface area contributed by atoms with Crippen molar-refractivity contribution in [2.75, 3.05) is 0 Å². The van der Waals surface area contributed by atoms with Crippen molar-refractivity contribution in [1.82, 2.24) is 0 Å². The summed E-state index contributed by atoms with van der Waals surface area (Å²) >= 11 is 0. The maximum atomic E-state index is 9.77. The minimum absolute atomic E-state index is 0.337. The number of phenols is 1. The Morgan fingerprint density at radius 2 is 1.05 bits per heavy atom. The number of aromatic hydroxyl groups is 1. The molecular weight excluding hydrogens is 236 g/mol. The van der Waals surface area contributed by atoms with Crippen molar-refractivity contribution in [2.45, 2.75) is 34.6 Å². The minimum Gasteiger partial charge on any atom is -0.507 e. The van der Waals surface area contributed by atoms with Gasteiger partial charge in [-0.2, -0.15) is 0 Å². The zero-order valence-corrected chi connectivity index (χ0v) is 12.2. The Morgan fingerprint density at radius 3 is 1.47 bits per heavy atom. The molecule has 0 amide bonds. The number of aryl methyl sites for hydroxylation is 4. The Bertz CT molecular complexity index is 526. The highest BCUT2D eigenvalue weighted by atomic mass is 16.5. The summed E-state index contributed by atoms with van der Waals surface area (Å²) in [6.45, 7) is 10.0. The van der Waals surface area contributed by atoms with Crippen LogP contribution in [0.3, 0.4) is 0 Å². The highest BCUT2D eigenvalue weighted by Gasteiger charge is 2.07. The van der Waals surface area contributed by atoms with E-state index in [-0.39, 0.29) is 0 Å². The monoisotopic (exact) mass is 256 g/mol. The van der Waals surface area contributed by atoms with Gasteiger partial charge in [-0.1, -0.05) is 0 Å².